The molecule has 3 aromatic rings. The number of nitrogens with one attached hydrogen (secondary N) is 1. The van der Waals surface area contributed by atoms with Crippen molar-refractivity contribution >= 4 is 28.7 Å². The van der Waals surface area contributed by atoms with E-state index in [1.807, 2.05) is 33.8 Å². The zero-order valence-electron chi connectivity index (χ0n) is 15.8. The smallest absolute Gasteiger partial charge is 0.219 e. The monoisotopic (exact) mass is 398 g/mol. The quantitative estimate of drug-likeness (QED) is 0.646. The molecular weight excluding hydrogens is 376 g/mol. The van der Waals surface area contributed by atoms with Gasteiger partial charge in [-0.15, -0.1) is 0 Å². The number of hydrogen-bond donors (Lipinski definition) is 1. The average Bonchev–Trinajstić information content (AvgIpc) is 3.32. The zero-order valence-corrected chi connectivity index (χ0v) is 16.6. The van der Waals surface area contributed by atoms with Crippen LogP contribution in [0.2, 0.25) is 5.02 Å². The molecule has 1 fully saturated rings. The summed E-state index contributed by atoms with van der Waals surface area (Å²) in [4.78, 5) is 22.5. The maximum Gasteiger partial charge on any atom is 0.219 e. The number of nitrogens with zero attached hydrogens (tertiary/aromatic N) is 5. The van der Waals surface area contributed by atoms with E-state index in [0.29, 0.717) is 19.6 Å². The number of benzene rings is 1. The van der Waals surface area contributed by atoms with Gasteiger partial charge in [-0.1, -0.05) is 29.8 Å². The molecule has 0 saturated carbocycles. The van der Waals surface area contributed by atoms with E-state index in [1.165, 1.54) is 0 Å². The number of carbonyl (C=O) groups excluding carboxylic acids is 1. The van der Waals surface area contributed by atoms with Crippen molar-refractivity contribution in [1.29, 1.82) is 0 Å². The van der Waals surface area contributed by atoms with E-state index in [1.54, 1.807) is 19.3 Å². The Morgan fingerprint density at radius 3 is 2.89 bits per heavy atom. The second kappa shape index (κ2) is 8.24. The molecule has 1 aliphatic heterocycles. The number of rotatable bonds is 6. The molecular formula is C20H23ClN6O. The molecule has 1 aliphatic rings. The van der Waals surface area contributed by atoms with Gasteiger partial charge in [0.05, 0.1) is 12.2 Å². The molecule has 0 unspecified atom stereocenters. The average molecular weight is 399 g/mol. The third-order valence-corrected chi connectivity index (χ3v) is 5.56. The van der Waals surface area contributed by atoms with E-state index in [9.17, 15) is 4.79 Å². The SMILES string of the molecule is CC(=O)N1CC[C@H](c2nn(CCNCc3ccccc3Cl)c3nccnc23)C1. The summed E-state index contributed by atoms with van der Waals surface area (Å²) in [7, 11) is 0. The van der Waals surface area contributed by atoms with Crippen LogP contribution in [0, 0.1) is 0 Å². The van der Waals surface area contributed by atoms with Crippen LogP contribution in [-0.2, 0) is 17.9 Å². The number of halogens is 1. The highest BCUT2D eigenvalue weighted by Gasteiger charge is 2.30. The summed E-state index contributed by atoms with van der Waals surface area (Å²) in [5.74, 6) is 0.321. The first-order valence-electron chi connectivity index (χ1n) is 9.50. The lowest BCUT2D eigenvalue weighted by atomic mass is 10.0. The molecule has 0 aliphatic carbocycles. The van der Waals surface area contributed by atoms with E-state index >= 15 is 0 Å². The van der Waals surface area contributed by atoms with Crippen LogP contribution in [0.4, 0.5) is 0 Å². The van der Waals surface area contributed by atoms with Gasteiger partial charge in [-0.3, -0.25) is 4.79 Å². The Balaban J connectivity index is 1.46. The molecule has 146 valence electrons. The molecule has 2 aromatic heterocycles. The standard InChI is InChI=1S/C20H23ClN6O/c1-14(28)26-10-6-16(13-26)18-19-20(24-8-7-23-19)27(25-18)11-9-22-12-15-4-2-3-5-17(15)21/h2-5,7-8,16,22H,6,9-13H2,1H3/t16-/m0/s1. The molecule has 1 N–H and O–H groups in total. The highest BCUT2D eigenvalue weighted by molar-refractivity contribution is 6.31. The Morgan fingerprint density at radius 1 is 1.29 bits per heavy atom. The fourth-order valence-corrected chi connectivity index (χ4v) is 3.88. The Kier molecular flexibility index (Phi) is 5.54. The summed E-state index contributed by atoms with van der Waals surface area (Å²) in [6, 6.07) is 7.83. The molecule has 7 nitrogen and oxygen atoms in total. The molecule has 4 rings (SSSR count). The number of hydrogen-bond acceptors (Lipinski definition) is 5. The van der Waals surface area contributed by atoms with Crippen LogP contribution in [0.15, 0.2) is 36.7 Å². The van der Waals surface area contributed by atoms with Crippen LogP contribution in [0.5, 0.6) is 0 Å². The van der Waals surface area contributed by atoms with Gasteiger partial charge in [0.25, 0.3) is 0 Å². The Hall–Kier alpha value is -2.51. The van der Waals surface area contributed by atoms with Crippen LogP contribution in [0.25, 0.3) is 11.2 Å². The fraction of sp³-hybridized carbons (Fsp3) is 0.400. The molecule has 1 atom stereocenters. The molecule has 1 aromatic carbocycles. The largest absolute Gasteiger partial charge is 0.342 e. The molecule has 28 heavy (non-hydrogen) atoms. The minimum atomic E-state index is 0.112. The third-order valence-electron chi connectivity index (χ3n) is 5.19. The molecule has 1 amide bonds. The fourth-order valence-electron chi connectivity index (χ4n) is 3.68. The molecule has 3 heterocycles. The Bertz CT molecular complexity index is 988. The van der Waals surface area contributed by atoms with Gasteiger partial charge >= 0.3 is 0 Å². The Labute approximate surface area is 168 Å². The van der Waals surface area contributed by atoms with Gasteiger partial charge < -0.3 is 10.2 Å². The lowest BCUT2D eigenvalue weighted by molar-refractivity contribution is -0.127. The topological polar surface area (TPSA) is 75.9 Å². The van der Waals surface area contributed by atoms with E-state index in [4.69, 9.17) is 16.7 Å². The Morgan fingerprint density at radius 2 is 2.11 bits per heavy atom. The minimum absolute atomic E-state index is 0.112. The molecule has 0 bridgehead atoms. The molecule has 0 radical (unpaired) electrons. The predicted octanol–water partition coefficient (Wildman–Crippen LogP) is 2.61. The van der Waals surface area contributed by atoms with Gasteiger partial charge in [0.2, 0.25) is 5.91 Å². The van der Waals surface area contributed by atoms with Gasteiger partial charge in [-0.2, -0.15) is 5.10 Å². The minimum Gasteiger partial charge on any atom is -0.342 e. The number of fused-ring (bicyclic) bond motifs is 1. The number of carbonyl (C=O) groups is 1. The molecule has 1 saturated heterocycles. The summed E-state index contributed by atoms with van der Waals surface area (Å²) >= 11 is 6.20. The molecule has 8 heteroatoms. The lowest BCUT2D eigenvalue weighted by Gasteiger charge is -2.12. The summed E-state index contributed by atoms with van der Waals surface area (Å²) in [6.45, 7) is 5.21. The van der Waals surface area contributed by atoms with E-state index in [0.717, 1.165) is 47.0 Å². The summed E-state index contributed by atoms with van der Waals surface area (Å²) < 4.78 is 1.91. The van der Waals surface area contributed by atoms with E-state index in [2.05, 4.69) is 15.3 Å². The predicted molar refractivity (Wildman–Crippen MR) is 108 cm³/mol. The lowest BCUT2D eigenvalue weighted by Crippen LogP contribution is -2.25. The van der Waals surface area contributed by atoms with Crippen molar-refractivity contribution < 1.29 is 4.79 Å². The van der Waals surface area contributed by atoms with Gasteiger partial charge in [-0.05, 0) is 18.1 Å². The molecule has 0 spiro atoms. The van der Waals surface area contributed by atoms with Crippen molar-refractivity contribution in [3.63, 3.8) is 0 Å². The van der Waals surface area contributed by atoms with Gasteiger partial charge in [-0.25, -0.2) is 14.6 Å². The summed E-state index contributed by atoms with van der Waals surface area (Å²) in [6.07, 6.45) is 4.30. The van der Waals surface area contributed by atoms with Crippen LogP contribution >= 0.6 is 11.6 Å². The van der Waals surface area contributed by atoms with Crippen molar-refractivity contribution in [1.82, 2.24) is 30.0 Å². The van der Waals surface area contributed by atoms with Crippen molar-refractivity contribution in [2.75, 3.05) is 19.6 Å². The highest BCUT2D eigenvalue weighted by atomic mass is 35.5. The summed E-state index contributed by atoms with van der Waals surface area (Å²) in [5, 5.41) is 8.99. The van der Waals surface area contributed by atoms with Gasteiger partial charge in [0.15, 0.2) is 5.65 Å². The van der Waals surface area contributed by atoms with E-state index in [-0.39, 0.29) is 11.8 Å². The van der Waals surface area contributed by atoms with Crippen molar-refractivity contribution in [2.45, 2.75) is 32.4 Å². The number of likely N-dealkylation sites (tertiary alicyclic amines) is 1. The van der Waals surface area contributed by atoms with Gasteiger partial charge in [0.1, 0.15) is 5.52 Å². The number of aromatic nitrogens is 4. The van der Waals surface area contributed by atoms with Crippen molar-refractivity contribution in [3.05, 3.63) is 52.9 Å². The van der Waals surface area contributed by atoms with Crippen molar-refractivity contribution in [3.8, 4) is 0 Å². The van der Waals surface area contributed by atoms with Crippen LogP contribution < -0.4 is 5.32 Å². The number of amides is 1. The highest BCUT2D eigenvalue weighted by Crippen LogP contribution is 2.30. The first kappa shape index (κ1) is 18.8. The second-order valence-corrected chi connectivity index (χ2v) is 7.46. The maximum absolute atomic E-state index is 11.7. The van der Waals surface area contributed by atoms with Crippen LogP contribution in [0.1, 0.15) is 30.5 Å². The first-order chi connectivity index (χ1) is 13.6. The maximum atomic E-state index is 11.7. The zero-order chi connectivity index (χ0) is 19.5. The first-order valence-corrected chi connectivity index (χ1v) is 9.88. The third kappa shape index (κ3) is 3.86. The van der Waals surface area contributed by atoms with Crippen molar-refractivity contribution in [2.24, 2.45) is 0 Å². The summed E-state index contributed by atoms with van der Waals surface area (Å²) in [5.41, 5.74) is 3.64. The van der Waals surface area contributed by atoms with Gasteiger partial charge in [0, 0.05) is 56.4 Å². The normalized spacial score (nSPS) is 16.8. The van der Waals surface area contributed by atoms with E-state index < -0.39 is 0 Å². The van der Waals surface area contributed by atoms with Crippen LogP contribution in [0.3, 0.4) is 0 Å². The van der Waals surface area contributed by atoms with Crippen LogP contribution in [-0.4, -0.2) is 50.2 Å². The second-order valence-electron chi connectivity index (χ2n) is 7.06.